The van der Waals surface area contributed by atoms with Crippen LogP contribution in [0.3, 0.4) is 0 Å². The Morgan fingerprint density at radius 3 is 2.18 bits per heavy atom. The van der Waals surface area contributed by atoms with Crippen LogP contribution in [0, 0.1) is 13.8 Å². The fraction of sp³-hybridized carbons (Fsp3) is 0.462. The van der Waals surface area contributed by atoms with E-state index in [9.17, 15) is 9.59 Å². The maximum atomic E-state index is 13.4. The summed E-state index contributed by atoms with van der Waals surface area (Å²) in [5.74, 6) is 0.738. The molecule has 0 unspecified atom stereocenters. The molecule has 0 heterocycles. The number of hydrogen-bond acceptors (Lipinski definition) is 3. The lowest BCUT2D eigenvalue weighted by molar-refractivity contribution is -0.139. The van der Waals surface area contributed by atoms with Crippen LogP contribution in [0.25, 0.3) is 0 Å². The van der Waals surface area contributed by atoms with Crippen molar-refractivity contribution in [3.8, 4) is 0 Å². The Balaban J connectivity index is 2.22. The van der Waals surface area contributed by atoms with Crippen molar-refractivity contribution in [3.05, 3.63) is 68.7 Å². The molecule has 2 atom stereocenters. The van der Waals surface area contributed by atoms with E-state index in [1.165, 1.54) is 16.7 Å². The van der Waals surface area contributed by atoms with E-state index in [4.69, 9.17) is 23.2 Å². The molecule has 0 saturated heterocycles. The number of rotatable bonds is 11. The Morgan fingerprint density at radius 1 is 1.03 bits per heavy atom. The smallest absolute Gasteiger partial charge is 0.243 e. The van der Waals surface area contributed by atoms with Crippen LogP contribution in [-0.2, 0) is 21.9 Å². The highest BCUT2D eigenvalue weighted by molar-refractivity contribution is 7.99. The van der Waals surface area contributed by atoms with E-state index in [-0.39, 0.29) is 30.2 Å². The van der Waals surface area contributed by atoms with Gasteiger partial charge in [-0.1, -0.05) is 72.4 Å². The summed E-state index contributed by atoms with van der Waals surface area (Å²) in [6, 6.07) is 11.1. The van der Waals surface area contributed by atoms with Gasteiger partial charge in [0.15, 0.2) is 0 Å². The van der Waals surface area contributed by atoms with Crippen LogP contribution in [0.15, 0.2) is 36.4 Å². The summed E-state index contributed by atoms with van der Waals surface area (Å²) in [6.45, 7) is 10.2. The average molecular weight is 510 g/mol. The van der Waals surface area contributed by atoms with Crippen LogP contribution < -0.4 is 5.32 Å². The van der Waals surface area contributed by atoms with Crippen LogP contribution >= 0.6 is 35.0 Å². The summed E-state index contributed by atoms with van der Waals surface area (Å²) in [5, 5.41) is 3.99. The standard InChI is InChI=1S/C26H34Cl2N2O2S/c1-6-19(5)29-26(32)24(7-2)30(14-21-22(27)9-8-10-23(21)28)25(31)16-33-15-20-12-17(3)11-18(4)13-20/h8-13,19,24H,6-7,14-16H2,1-5H3,(H,29,32)/t19-,24+/m1/s1. The third-order valence-corrected chi connectivity index (χ3v) is 7.25. The highest BCUT2D eigenvalue weighted by atomic mass is 35.5. The molecule has 0 aromatic heterocycles. The first-order valence-electron chi connectivity index (χ1n) is 11.3. The van der Waals surface area contributed by atoms with Crippen molar-refractivity contribution in [2.45, 2.75) is 71.8 Å². The van der Waals surface area contributed by atoms with Gasteiger partial charge in [-0.15, -0.1) is 11.8 Å². The average Bonchev–Trinajstić information content (AvgIpc) is 2.74. The minimum absolute atomic E-state index is 0.0336. The largest absolute Gasteiger partial charge is 0.352 e. The predicted molar refractivity (Wildman–Crippen MR) is 141 cm³/mol. The summed E-state index contributed by atoms with van der Waals surface area (Å²) in [5.41, 5.74) is 4.26. The molecule has 0 fully saturated rings. The molecule has 0 aliphatic rings. The molecule has 0 aliphatic carbocycles. The molecule has 33 heavy (non-hydrogen) atoms. The zero-order valence-electron chi connectivity index (χ0n) is 20.1. The van der Waals surface area contributed by atoms with Gasteiger partial charge in [0.1, 0.15) is 6.04 Å². The topological polar surface area (TPSA) is 49.4 Å². The minimum atomic E-state index is -0.597. The van der Waals surface area contributed by atoms with Gasteiger partial charge in [0.25, 0.3) is 0 Å². The molecule has 0 bridgehead atoms. The molecule has 2 rings (SSSR count). The number of nitrogens with zero attached hydrogens (tertiary/aromatic N) is 1. The van der Waals surface area contributed by atoms with E-state index >= 15 is 0 Å². The zero-order chi connectivity index (χ0) is 24.5. The number of amides is 2. The van der Waals surface area contributed by atoms with Gasteiger partial charge >= 0.3 is 0 Å². The SMILES string of the molecule is CC[C@@H](C)NC(=O)[C@H](CC)N(Cc1c(Cl)cccc1Cl)C(=O)CSCc1cc(C)cc(C)c1. The monoisotopic (exact) mass is 508 g/mol. The van der Waals surface area contributed by atoms with Gasteiger partial charge in [0.2, 0.25) is 11.8 Å². The van der Waals surface area contributed by atoms with Crippen LogP contribution in [0.5, 0.6) is 0 Å². The molecule has 0 radical (unpaired) electrons. The molecular weight excluding hydrogens is 475 g/mol. The van der Waals surface area contributed by atoms with Gasteiger partial charge in [-0.3, -0.25) is 9.59 Å². The molecule has 2 aromatic carbocycles. The first-order valence-corrected chi connectivity index (χ1v) is 13.2. The fourth-order valence-corrected chi connectivity index (χ4v) is 5.07. The van der Waals surface area contributed by atoms with Gasteiger partial charge in [-0.2, -0.15) is 0 Å². The Labute approximate surface area is 212 Å². The molecule has 2 amide bonds. The molecular formula is C26H34Cl2N2O2S. The molecule has 7 heteroatoms. The first kappa shape index (κ1) is 27.6. The van der Waals surface area contributed by atoms with Gasteiger partial charge in [0, 0.05) is 33.9 Å². The fourth-order valence-electron chi connectivity index (χ4n) is 3.71. The molecule has 2 aromatic rings. The quantitative estimate of drug-likeness (QED) is 0.373. The highest BCUT2D eigenvalue weighted by Crippen LogP contribution is 2.27. The number of halogens is 2. The second kappa shape index (κ2) is 13.3. The Kier molecular flexibility index (Phi) is 11.1. The van der Waals surface area contributed by atoms with Crippen LogP contribution in [0.1, 0.15) is 55.9 Å². The molecule has 1 N–H and O–H groups in total. The molecule has 180 valence electrons. The van der Waals surface area contributed by atoms with Crippen molar-refractivity contribution in [2.75, 3.05) is 5.75 Å². The van der Waals surface area contributed by atoms with E-state index in [0.29, 0.717) is 22.0 Å². The number of hydrogen-bond donors (Lipinski definition) is 1. The molecule has 0 spiro atoms. The molecule has 4 nitrogen and oxygen atoms in total. The van der Waals surface area contributed by atoms with Gasteiger partial charge < -0.3 is 10.2 Å². The number of carbonyl (C=O) groups excluding carboxylic acids is 2. The maximum Gasteiger partial charge on any atom is 0.243 e. The van der Waals surface area contributed by atoms with Crippen LogP contribution in [0.4, 0.5) is 0 Å². The summed E-state index contributed by atoms with van der Waals surface area (Å²) in [7, 11) is 0. The lowest BCUT2D eigenvalue weighted by Crippen LogP contribution is -2.51. The van der Waals surface area contributed by atoms with Crippen LogP contribution in [-0.4, -0.2) is 34.6 Å². The lowest BCUT2D eigenvalue weighted by Gasteiger charge is -2.32. The summed E-state index contributed by atoms with van der Waals surface area (Å²) < 4.78 is 0. The van der Waals surface area contributed by atoms with E-state index in [1.807, 2.05) is 20.8 Å². The Bertz CT molecular complexity index is 927. The lowest BCUT2D eigenvalue weighted by atomic mass is 10.1. The summed E-state index contributed by atoms with van der Waals surface area (Å²) >= 11 is 14.3. The van der Waals surface area contributed by atoms with E-state index in [1.54, 1.807) is 34.9 Å². The van der Waals surface area contributed by atoms with Crippen molar-refractivity contribution < 1.29 is 9.59 Å². The highest BCUT2D eigenvalue weighted by Gasteiger charge is 2.30. The zero-order valence-corrected chi connectivity index (χ0v) is 22.4. The molecule has 0 saturated carbocycles. The summed E-state index contributed by atoms with van der Waals surface area (Å²) in [4.78, 5) is 28.1. The Hall–Kier alpha value is -1.69. The van der Waals surface area contributed by atoms with Crippen LogP contribution in [0.2, 0.25) is 10.0 Å². The van der Waals surface area contributed by atoms with Crippen molar-refractivity contribution >= 4 is 46.8 Å². The van der Waals surface area contributed by atoms with E-state index < -0.39 is 6.04 Å². The van der Waals surface area contributed by atoms with Gasteiger partial charge in [-0.25, -0.2) is 0 Å². The molecule has 0 aliphatic heterocycles. The van der Waals surface area contributed by atoms with Gasteiger partial charge in [-0.05, 0) is 51.3 Å². The van der Waals surface area contributed by atoms with E-state index in [0.717, 1.165) is 12.2 Å². The second-order valence-corrected chi connectivity index (χ2v) is 10.3. The first-order chi connectivity index (χ1) is 15.7. The third kappa shape index (κ3) is 8.24. The number of benzene rings is 2. The maximum absolute atomic E-state index is 13.4. The predicted octanol–water partition coefficient (Wildman–Crippen LogP) is 6.57. The number of nitrogens with one attached hydrogen (secondary N) is 1. The van der Waals surface area contributed by atoms with E-state index in [2.05, 4.69) is 37.4 Å². The number of aryl methyl sites for hydroxylation is 2. The normalized spacial score (nSPS) is 12.8. The summed E-state index contributed by atoms with van der Waals surface area (Å²) in [6.07, 6.45) is 1.32. The van der Waals surface area contributed by atoms with Crippen molar-refractivity contribution in [3.63, 3.8) is 0 Å². The minimum Gasteiger partial charge on any atom is -0.352 e. The Morgan fingerprint density at radius 2 is 1.64 bits per heavy atom. The van der Waals surface area contributed by atoms with Crippen molar-refractivity contribution in [1.82, 2.24) is 10.2 Å². The number of thioether (sulfide) groups is 1. The van der Waals surface area contributed by atoms with Gasteiger partial charge in [0.05, 0.1) is 5.75 Å². The third-order valence-electron chi connectivity index (χ3n) is 5.55. The van der Waals surface area contributed by atoms with Crippen molar-refractivity contribution in [1.29, 1.82) is 0 Å². The van der Waals surface area contributed by atoms with Crippen molar-refractivity contribution in [2.24, 2.45) is 0 Å². The second-order valence-electron chi connectivity index (χ2n) is 8.45. The number of carbonyl (C=O) groups is 2.